The minimum absolute atomic E-state index is 0. The topological polar surface area (TPSA) is 0 Å². The van der Waals surface area contributed by atoms with Gasteiger partial charge in [0.25, 0.3) is 0 Å². The molecule has 2 heteroatoms. The van der Waals surface area contributed by atoms with Crippen LogP contribution in [0.25, 0.3) is 0 Å². The molecule has 30 valence electrons. The van der Waals surface area contributed by atoms with Crippen LogP contribution in [-0.4, -0.2) is 16.8 Å². The molecule has 0 spiro atoms. The van der Waals surface area contributed by atoms with Gasteiger partial charge in [-0.15, -0.1) is 0 Å². The largest absolute Gasteiger partial charge is 3.00 e. The summed E-state index contributed by atoms with van der Waals surface area (Å²) in [6.45, 7) is 0. The van der Waals surface area contributed by atoms with Crippen molar-refractivity contribution in [1.82, 2.24) is 0 Å². The molecule has 0 heterocycles. The molecule has 0 nitrogen and oxygen atoms in total. The minimum Gasteiger partial charge on any atom is -1.00 e. The minimum atomic E-state index is 0. The molecular formula is C6B2. The van der Waals surface area contributed by atoms with Crippen molar-refractivity contribution in [2.75, 3.05) is 0 Å². The first kappa shape index (κ1) is 70.2. The zero-order chi connectivity index (χ0) is 6.00. The molecule has 0 aromatic rings. The first-order valence-electron chi connectivity index (χ1n) is 0.750. The van der Waals surface area contributed by atoms with E-state index < -0.39 is 0 Å². The molecule has 0 aliphatic carbocycles. The molecule has 0 unspecified atom stereocenters. The fourth-order valence-electron chi connectivity index (χ4n) is 0. The first-order valence-corrected chi connectivity index (χ1v) is 0.750. The summed E-state index contributed by atoms with van der Waals surface area (Å²) in [5.41, 5.74) is 0. The molecule has 0 aromatic heterocycles. The molecule has 0 N–H and O–H groups in total. The van der Waals surface area contributed by atoms with E-state index in [0.717, 1.165) is 0 Å². The van der Waals surface area contributed by atoms with Crippen molar-refractivity contribution in [3.05, 3.63) is 38.5 Å². The van der Waals surface area contributed by atoms with Crippen molar-refractivity contribution in [2.45, 2.75) is 0 Å². The van der Waals surface area contributed by atoms with Gasteiger partial charge in [0.1, 0.15) is 0 Å². The molecule has 0 radical (unpaired) electrons. The molecular weight excluding hydrogens is 93.7 g/mol. The van der Waals surface area contributed by atoms with Crippen molar-refractivity contribution in [3.63, 3.8) is 0 Å². The van der Waals surface area contributed by atoms with Crippen LogP contribution in [0.1, 0.15) is 0 Å². The van der Waals surface area contributed by atoms with Gasteiger partial charge in [0, 0.05) is 0 Å². The Morgan fingerprint density at radius 2 is 0.375 bits per heavy atom. The van der Waals surface area contributed by atoms with Gasteiger partial charge in [-0.1, -0.05) is 0 Å². The molecule has 0 amide bonds. The Bertz CT molecular complexity index is 35.0. The van der Waals surface area contributed by atoms with Crippen LogP contribution < -0.4 is 0 Å². The van der Waals surface area contributed by atoms with Crippen LogP contribution in [0.15, 0.2) is 0 Å². The summed E-state index contributed by atoms with van der Waals surface area (Å²) in [5.74, 6) is 0. The van der Waals surface area contributed by atoms with E-state index in [1.54, 1.807) is 0 Å². The standard InChI is InChI=1S/3C2.2B/c3*1-2;;/q3*-2;2*+3. The fourth-order valence-corrected chi connectivity index (χ4v) is 0. The number of rotatable bonds is 0. The average Bonchev–Trinajstić information content (AvgIpc) is 1.81. The summed E-state index contributed by atoms with van der Waals surface area (Å²) in [6, 6.07) is 0. The third-order valence-electron chi connectivity index (χ3n) is 0. The summed E-state index contributed by atoms with van der Waals surface area (Å²) in [6.07, 6.45) is 30.0. The van der Waals surface area contributed by atoms with Crippen LogP contribution in [0, 0.1) is 38.5 Å². The second-order valence-corrected chi connectivity index (χ2v) is 0. The van der Waals surface area contributed by atoms with Crippen LogP contribution in [0.4, 0.5) is 0 Å². The number of hydrogen-bond acceptors (Lipinski definition) is 0. The van der Waals surface area contributed by atoms with Crippen LogP contribution in [0.5, 0.6) is 0 Å². The van der Waals surface area contributed by atoms with E-state index in [0.29, 0.717) is 0 Å². The summed E-state index contributed by atoms with van der Waals surface area (Å²) in [7, 11) is 0. The number of hydrogen-bond donors (Lipinski definition) is 0. The van der Waals surface area contributed by atoms with Crippen LogP contribution in [0.2, 0.25) is 0 Å². The van der Waals surface area contributed by atoms with Crippen molar-refractivity contribution in [3.8, 4) is 0 Å². The molecule has 8 heavy (non-hydrogen) atoms. The smallest absolute Gasteiger partial charge is 1.00 e. The van der Waals surface area contributed by atoms with E-state index >= 15 is 0 Å². The van der Waals surface area contributed by atoms with Gasteiger partial charge < -0.3 is 38.5 Å². The van der Waals surface area contributed by atoms with Crippen molar-refractivity contribution in [1.29, 1.82) is 0 Å². The normalized spacial score (nSPS) is 0.750. The van der Waals surface area contributed by atoms with Crippen molar-refractivity contribution >= 4 is 16.8 Å². The molecule has 0 bridgehead atoms. The SMILES string of the molecule is [B+3].[B+3].[C-]#[C-].[C-]#[C-].[C-]#[C-]. The predicted molar refractivity (Wildman–Crippen MR) is 31.0 cm³/mol. The molecule has 0 saturated carbocycles. The Labute approximate surface area is 56.2 Å². The maximum absolute atomic E-state index is 5.00. The molecule has 0 saturated heterocycles. The zero-order valence-electron chi connectivity index (χ0n) is 4.15. The average molecular weight is 93.7 g/mol. The van der Waals surface area contributed by atoms with Gasteiger partial charge in [-0.3, -0.25) is 0 Å². The molecule has 0 fully saturated rings. The Kier molecular flexibility index (Phi) is 832. The van der Waals surface area contributed by atoms with Crippen molar-refractivity contribution < 1.29 is 0 Å². The predicted octanol–water partition coefficient (Wildman–Crippen LogP) is -0.274. The maximum atomic E-state index is 5.00. The zero-order valence-corrected chi connectivity index (χ0v) is 4.15. The second kappa shape index (κ2) is 94.9. The Balaban J connectivity index is -0.00000000500. The van der Waals surface area contributed by atoms with E-state index in [9.17, 15) is 0 Å². The van der Waals surface area contributed by atoms with E-state index in [2.05, 4.69) is 0 Å². The van der Waals surface area contributed by atoms with Gasteiger partial charge in [-0.25, -0.2) is 0 Å². The molecule has 0 atom stereocenters. The molecule has 0 aromatic carbocycles. The van der Waals surface area contributed by atoms with Crippen molar-refractivity contribution in [2.24, 2.45) is 0 Å². The van der Waals surface area contributed by atoms with Gasteiger partial charge >= 0.3 is 16.8 Å². The van der Waals surface area contributed by atoms with Crippen LogP contribution in [-0.2, 0) is 0 Å². The third kappa shape index (κ3) is 49.3. The Morgan fingerprint density at radius 1 is 0.375 bits per heavy atom. The third-order valence-corrected chi connectivity index (χ3v) is 0. The van der Waals surface area contributed by atoms with Gasteiger partial charge in [0.2, 0.25) is 0 Å². The molecule has 0 rings (SSSR count). The summed E-state index contributed by atoms with van der Waals surface area (Å²) in [4.78, 5) is 0. The quantitative estimate of drug-likeness (QED) is 0.220. The first-order chi connectivity index (χ1) is 3.00. The molecule has 0 aliphatic heterocycles. The Morgan fingerprint density at radius 3 is 0.375 bits per heavy atom. The van der Waals surface area contributed by atoms with Gasteiger partial charge in [-0.2, -0.15) is 0 Å². The van der Waals surface area contributed by atoms with E-state index in [1.807, 2.05) is 0 Å². The van der Waals surface area contributed by atoms with E-state index in [4.69, 9.17) is 38.5 Å². The Hall–Kier alpha value is -1.19. The van der Waals surface area contributed by atoms with E-state index in [1.165, 1.54) is 0 Å². The molecule has 0 aliphatic rings. The maximum Gasteiger partial charge on any atom is 3.00 e. The van der Waals surface area contributed by atoms with E-state index in [-0.39, 0.29) is 16.8 Å². The van der Waals surface area contributed by atoms with Gasteiger partial charge in [0.05, 0.1) is 0 Å². The van der Waals surface area contributed by atoms with Crippen LogP contribution >= 0.6 is 0 Å². The van der Waals surface area contributed by atoms with Gasteiger partial charge in [-0.05, 0) is 0 Å². The van der Waals surface area contributed by atoms with Crippen LogP contribution in [0.3, 0.4) is 0 Å². The monoisotopic (exact) mass is 94.0 g/mol. The second-order valence-electron chi connectivity index (χ2n) is 0. The summed E-state index contributed by atoms with van der Waals surface area (Å²) < 4.78 is 0. The van der Waals surface area contributed by atoms with Gasteiger partial charge in [0.15, 0.2) is 0 Å². The summed E-state index contributed by atoms with van der Waals surface area (Å²) in [5, 5.41) is 0. The summed E-state index contributed by atoms with van der Waals surface area (Å²) >= 11 is 0. The fraction of sp³-hybridized carbons (Fsp3) is 0.